The lowest BCUT2D eigenvalue weighted by Crippen LogP contribution is -2.29. The third-order valence-corrected chi connectivity index (χ3v) is 13.0. The third kappa shape index (κ3) is 8.20. The highest BCUT2D eigenvalue weighted by molar-refractivity contribution is 6.08. The van der Waals surface area contributed by atoms with E-state index >= 15 is 0 Å². The number of benzene rings is 9. The van der Waals surface area contributed by atoms with E-state index in [0.717, 1.165) is 74.5 Å². The van der Waals surface area contributed by atoms with Crippen molar-refractivity contribution in [3.8, 4) is 55.9 Å². The number of imidazole rings is 1. The van der Waals surface area contributed by atoms with Crippen molar-refractivity contribution >= 4 is 33.2 Å². The molecule has 10 aromatic rings. The predicted octanol–water partition coefficient (Wildman–Crippen LogP) is 15.7. The van der Waals surface area contributed by atoms with Crippen molar-refractivity contribution in [1.82, 2.24) is 9.55 Å². The summed E-state index contributed by atoms with van der Waals surface area (Å²) in [6, 6.07) is 77.2. The number of aromatic nitrogens is 2. The molecule has 0 saturated carbocycles. The molecule has 0 spiro atoms. The Morgan fingerprint density at radius 3 is 1.79 bits per heavy atom. The maximum absolute atomic E-state index is 7.13. The number of fused-ring (bicyclic) bond motifs is 2. The first-order chi connectivity index (χ1) is 32.5. The minimum atomic E-state index is -0.246. The van der Waals surface area contributed by atoms with Crippen LogP contribution in [0, 0.1) is 5.92 Å². The van der Waals surface area contributed by atoms with Crippen LogP contribution in [0.3, 0.4) is 0 Å². The highest BCUT2D eigenvalue weighted by Gasteiger charge is 2.25. The minimum absolute atomic E-state index is 0.0486. The predicted molar refractivity (Wildman–Crippen MR) is 279 cm³/mol. The van der Waals surface area contributed by atoms with Gasteiger partial charge in [0.2, 0.25) is 0 Å². The lowest BCUT2D eigenvalue weighted by Gasteiger charge is -2.26. The molecule has 0 amide bonds. The summed E-state index contributed by atoms with van der Waals surface area (Å²) >= 11 is 0. The molecule has 4 heteroatoms. The van der Waals surface area contributed by atoms with E-state index in [1.807, 2.05) is 12.1 Å². The van der Waals surface area contributed by atoms with Crippen LogP contribution >= 0.6 is 0 Å². The number of hydrogen-bond donors (Lipinski definition) is 1. The molecule has 1 heterocycles. The smallest absolute Gasteiger partial charge is 0.141 e. The van der Waals surface area contributed by atoms with Gasteiger partial charge in [-0.15, -0.1) is 0 Å². The van der Waals surface area contributed by atoms with Crippen molar-refractivity contribution in [3.63, 3.8) is 0 Å². The molecule has 0 aliphatic rings. The standard InChI is InChI=1S/C62H52N4/c1-4-51(60(63)47-21-10-7-11-22-47)61(64-42(3)43-33-35-45(36-34-43)44-19-8-6-9-20-44)48-39-37-46(38-40-48)52-27-17-29-57-55(52)28-18-30-56(57)54-26-13-12-25-53(54)49-23-16-24-50(41-49)62-65-58-31-14-15-32-59(58)66(62)5-2/h6-41,51,60H,3-5,63H2,1-2H3/b64-61-. The first-order valence-corrected chi connectivity index (χ1v) is 23.0. The van der Waals surface area contributed by atoms with Crippen molar-refractivity contribution in [1.29, 1.82) is 0 Å². The van der Waals surface area contributed by atoms with Crippen LogP contribution < -0.4 is 5.73 Å². The average molecular weight is 853 g/mol. The summed E-state index contributed by atoms with van der Waals surface area (Å²) < 4.78 is 2.30. The fourth-order valence-electron chi connectivity index (χ4n) is 9.61. The second-order valence-corrected chi connectivity index (χ2v) is 16.9. The molecule has 0 fully saturated rings. The van der Waals surface area contributed by atoms with Crippen LogP contribution in [-0.2, 0) is 6.54 Å². The summed E-state index contributed by atoms with van der Waals surface area (Å²) in [5.41, 5.74) is 24.5. The Hall–Kier alpha value is -7.92. The van der Waals surface area contributed by atoms with E-state index in [1.165, 1.54) is 38.6 Å². The molecule has 0 radical (unpaired) electrons. The van der Waals surface area contributed by atoms with Gasteiger partial charge in [-0.2, -0.15) is 0 Å². The van der Waals surface area contributed by atoms with Gasteiger partial charge in [0.05, 0.1) is 22.4 Å². The molecule has 0 aliphatic carbocycles. The molecule has 0 bridgehead atoms. The van der Waals surface area contributed by atoms with Gasteiger partial charge in [-0.1, -0.05) is 214 Å². The molecule has 2 atom stereocenters. The summed E-state index contributed by atoms with van der Waals surface area (Å²) in [5.74, 6) is 0.938. The summed E-state index contributed by atoms with van der Waals surface area (Å²) in [7, 11) is 0. The molecule has 0 aliphatic heterocycles. The Bertz CT molecular complexity index is 3340. The van der Waals surface area contributed by atoms with E-state index in [-0.39, 0.29) is 12.0 Å². The molecule has 10 rings (SSSR count). The second-order valence-electron chi connectivity index (χ2n) is 16.9. The van der Waals surface area contributed by atoms with Crippen molar-refractivity contribution in [2.75, 3.05) is 0 Å². The molecule has 9 aromatic carbocycles. The SMILES string of the molecule is C=C(/N=C(/c1ccc(-c2cccc3c(-c4ccccc4-c4cccc(-c5nc6ccccc6n5CC)c4)cccc23)cc1)C(CC)C(N)c1ccccc1)c1ccc(-c2ccccc2)cc1. The third-order valence-electron chi connectivity index (χ3n) is 13.0. The lowest BCUT2D eigenvalue weighted by atomic mass is 9.84. The van der Waals surface area contributed by atoms with Crippen LogP contribution in [0.5, 0.6) is 0 Å². The van der Waals surface area contributed by atoms with Crippen LogP contribution in [0.2, 0.25) is 0 Å². The Morgan fingerprint density at radius 1 is 0.515 bits per heavy atom. The maximum atomic E-state index is 7.13. The van der Waals surface area contributed by atoms with Gasteiger partial charge < -0.3 is 10.3 Å². The molecule has 4 nitrogen and oxygen atoms in total. The van der Waals surface area contributed by atoms with E-state index < -0.39 is 0 Å². The molecule has 2 unspecified atom stereocenters. The molecule has 66 heavy (non-hydrogen) atoms. The monoisotopic (exact) mass is 852 g/mol. The zero-order valence-electron chi connectivity index (χ0n) is 37.5. The lowest BCUT2D eigenvalue weighted by molar-refractivity contribution is 0.537. The fourth-order valence-corrected chi connectivity index (χ4v) is 9.61. The summed E-state index contributed by atoms with van der Waals surface area (Å²) in [5, 5.41) is 2.40. The van der Waals surface area contributed by atoms with E-state index in [4.69, 9.17) is 15.7 Å². The summed E-state index contributed by atoms with van der Waals surface area (Å²) in [4.78, 5) is 10.4. The molecular formula is C62H52N4. The molecule has 0 saturated heterocycles. The number of nitrogens with zero attached hydrogens (tertiary/aromatic N) is 3. The average Bonchev–Trinajstić information content (AvgIpc) is 3.78. The Labute approximate surface area is 388 Å². The Balaban J connectivity index is 1.01. The highest BCUT2D eigenvalue weighted by atomic mass is 15.1. The minimum Gasteiger partial charge on any atom is -0.324 e. The number of aryl methyl sites for hydroxylation is 1. The Kier molecular flexibility index (Phi) is 11.9. The van der Waals surface area contributed by atoms with Gasteiger partial charge in [0.25, 0.3) is 0 Å². The normalized spacial score (nSPS) is 12.6. The van der Waals surface area contributed by atoms with Gasteiger partial charge in [-0.25, -0.2) is 4.98 Å². The van der Waals surface area contributed by atoms with E-state index in [0.29, 0.717) is 5.70 Å². The first-order valence-electron chi connectivity index (χ1n) is 23.0. The zero-order chi connectivity index (χ0) is 45.0. The molecule has 1 aromatic heterocycles. The van der Waals surface area contributed by atoms with Crippen molar-refractivity contribution in [2.24, 2.45) is 16.6 Å². The van der Waals surface area contributed by atoms with Crippen LogP contribution in [0.25, 0.3) is 83.4 Å². The number of nitrogens with two attached hydrogens (primary N) is 1. The highest BCUT2D eigenvalue weighted by Crippen LogP contribution is 2.40. The maximum Gasteiger partial charge on any atom is 0.141 e. The second kappa shape index (κ2) is 18.7. The molecule has 320 valence electrons. The first kappa shape index (κ1) is 42.1. The Morgan fingerprint density at radius 2 is 1.06 bits per heavy atom. The number of para-hydroxylation sites is 2. The number of rotatable bonds is 13. The van der Waals surface area contributed by atoms with Gasteiger partial charge in [-0.3, -0.25) is 4.99 Å². The van der Waals surface area contributed by atoms with E-state index in [1.54, 1.807) is 0 Å². The van der Waals surface area contributed by atoms with Crippen molar-refractivity contribution in [3.05, 3.63) is 242 Å². The van der Waals surface area contributed by atoms with Crippen molar-refractivity contribution < 1.29 is 0 Å². The largest absolute Gasteiger partial charge is 0.324 e. The topological polar surface area (TPSA) is 56.2 Å². The van der Waals surface area contributed by atoms with Crippen molar-refractivity contribution in [2.45, 2.75) is 32.9 Å². The van der Waals surface area contributed by atoms with Gasteiger partial charge >= 0.3 is 0 Å². The van der Waals surface area contributed by atoms with E-state index in [9.17, 15) is 0 Å². The van der Waals surface area contributed by atoms with Gasteiger partial charge in [0.1, 0.15) is 5.82 Å². The number of aliphatic imine (C=N–C) groups is 1. The fraction of sp³-hybridized carbons (Fsp3) is 0.0968. The van der Waals surface area contributed by atoms with E-state index in [2.05, 4.69) is 231 Å². The zero-order valence-corrected chi connectivity index (χ0v) is 37.5. The number of hydrogen-bond acceptors (Lipinski definition) is 3. The van der Waals surface area contributed by atoms with Gasteiger partial charge in [-0.05, 0) is 104 Å². The summed E-state index contributed by atoms with van der Waals surface area (Å²) in [6.45, 7) is 9.72. The quantitative estimate of drug-likeness (QED) is 0.117. The molecular weight excluding hydrogens is 801 g/mol. The van der Waals surface area contributed by atoms with Crippen LogP contribution in [-0.4, -0.2) is 15.3 Å². The molecule has 2 N–H and O–H groups in total. The van der Waals surface area contributed by atoms with Gasteiger partial charge in [0, 0.05) is 24.1 Å². The van der Waals surface area contributed by atoms with Gasteiger partial charge in [0.15, 0.2) is 0 Å². The van der Waals surface area contributed by atoms with Crippen LogP contribution in [0.15, 0.2) is 230 Å². The van der Waals surface area contributed by atoms with Crippen LogP contribution in [0.4, 0.5) is 0 Å². The summed E-state index contributed by atoms with van der Waals surface area (Å²) in [6.07, 6.45) is 0.814. The van der Waals surface area contributed by atoms with Crippen LogP contribution in [0.1, 0.15) is 43.0 Å².